The van der Waals surface area contributed by atoms with E-state index in [0.29, 0.717) is 12.1 Å². The molecule has 1 amide bonds. The van der Waals surface area contributed by atoms with Crippen LogP contribution in [0.4, 0.5) is 0 Å². The van der Waals surface area contributed by atoms with E-state index in [1.54, 1.807) is 11.5 Å². The molecule has 5 heteroatoms. The van der Waals surface area contributed by atoms with E-state index in [2.05, 4.69) is 10.3 Å². The molecule has 0 saturated heterocycles. The molecule has 22 heavy (non-hydrogen) atoms. The lowest BCUT2D eigenvalue weighted by atomic mass is 9.91. The van der Waals surface area contributed by atoms with Crippen molar-refractivity contribution >= 4 is 17.2 Å². The number of carbonyl (C=O) groups is 1. The molecule has 114 valence electrons. The summed E-state index contributed by atoms with van der Waals surface area (Å²) in [5, 5.41) is 15.7. The topological polar surface area (TPSA) is 62.2 Å². The standard InChI is InChI=1S/C17H18N2O2S/c20-15(18-12-17(21)9-5-2-6-10-17)14-11-22-16(19-14)13-7-3-1-4-8-13/h1,3-5,7-9,11,21H,2,6,10,12H2,(H,18,20). The summed E-state index contributed by atoms with van der Waals surface area (Å²) >= 11 is 1.44. The fourth-order valence-electron chi connectivity index (χ4n) is 2.47. The van der Waals surface area contributed by atoms with Crippen LogP contribution in [-0.4, -0.2) is 28.1 Å². The molecule has 0 aliphatic heterocycles. The average molecular weight is 314 g/mol. The number of carbonyl (C=O) groups excluding carboxylic acids is 1. The zero-order valence-electron chi connectivity index (χ0n) is 12.2. The van der Waals surface area contributed by atoms with Crippen LogP contribution in [0, 0.1) is 0 Å². The van der Waals surface area contributed by atoms with E-state index in [1.165, 1.54) is 11.3 Å². The van der Waals surface area contributed by atoms with Crippen LogP contribution >= 0.6 is 11.3 Å². The first kappa shape index (κ1) is 14.9. The molecule has 1 atom stereocenters. The maximum absolute atomic E-state index is 12.2. The van der Waals surface area contributed by atoms with Gasteiger partial charge in [-0.15, -0.1) is 11.3 Å². The Morgan fingerprint density at radius 1 is 1.36 bits per heavy atom. The number of allylic oxidation sites excluding steroid dienone is 1. The van der Waals surface area contributed by atoms with Crippen molar-refractivity contribution in [1.29, 1.82) is 0 Å². The summed E-state index contributed by atoms with van der Waals surface area (Å²) in [7, 11) is 0. The Labute approximate surface area is 133 Å². The molecule has 0 bridgehead atoms. The van der Waals surface area contributed by atoms with Crippen molar-refractivity contribution in [2.24, 2.45) is 0 Å². The molecule has 1 unspecified atom stereocenters. The summed E-state index contributed by atoms with van der Waals surface area (Å²) in [5.41, 5.74) is 0.472. The third-order valence-corrected chi connectivity index (χ3v) is 4.61. The van der Waals surface area contributed by atoms with E-state index in [4.69, 9.17) is 0 Å². The molecule has 0 radical (unpaired) electrons. The second kappa shape index (κ2) is 6.42. The van der Waals surface area contributed by atoms with Gasteiger partial charge >= 0.3 is 0 Å². The number of rotatable bonds is 4. The molecule has 1 aliphatic rings. The molecule has 1 aliphatic carbocycles. The molecule has 0 spiro atoms. The van der Waals surface area contributed by atoms with Crippen molar-refractivity contribution in [3.63, 3.8) is 0 Å². The summed E-state index contributed by atoms with van der Waals surface area (Å²) in [4.78, 5) is 16.5. The molecular weight excluding hydrogens is 296 g/mol. The van der Waals surface area contributed by atoms with Crippen molar-refractivity contribution in [1.82, 2.24) is 10.3 Å². The first-order valence-corrected chi connectivity index (χ1v) is 8.23. The summed E-state index contributed by atoms with van der Waals surface area (Å²) < 4.78 is 0. The minimum atomic E-state index is -0.924. The molecule has 1 heterocycles. The van der Waals surface area contributed by atoms with Crippen molar-refractivity contribution in [3.05, 3.63) is 53.6 Å². The Bertz CT molecular complexity index is 681. The monoisotopic (exact) mass is 314 g/mol. The maximum Gasteiger partial charge on any atom is 0.270 e. The van der Waals surface area contributed by atoms with Gasteiger partial charge in [0.05, 0.1) is 12.1 Å². The Morgan fingerprint density at radius 2 is 2.18 bits per heavy atom. The average Bonchev–Trinajstić information content (AvgIpc) is 3.04. The summed E-state index contributed by atoms with van der Waals surface area (Å²) in [6.45, 7) is 0.223. The van der Waals surface area contributed by atoms with Gasteiger partial charge in [-0.1, -0.05) is 42.5 Å². The normalized spacial score (nSPS) is 20.8. The van der Waals surface area contributed by atoms with E-state index >= 15 is 0 Å². The van der Waals surface area contributed by atoms with Gasteiger partial charge in [-0.2, -0.15) is 0 Å². The molecule has 2 N–H and O–H groups in total. The van der Waals surface area contributed by atoms with Gasteiger partial charge in [0.2, 0.25) is 0 Å². The summed E-state index contributed by atoms with van der Waals surface area (Å²) in [6, 6.07) is 9.78. The van der Waals surface area contributed by atoms with Crippen LogP contribution in [-0.2, 0) is 0 Å². The fraction of sp³-hybridized carbons (Fsp3) is 0.294. The maximum atomic E-state index is 12.2. The van der Waals surface area contributed by atoms with E-state index in [0.717, 1.165) is 23.4 Å². The van der Waals surface area contributed by atoms with E-state index in [1.807, 2.05) is 36.4 Å². The molecule has 1 aromatic carbocycles. The zero-order valence-corrected chi connectivity index (χ0v) is 13.0. The van der Waals surface area contributed by atoms with Crippen molar-refractivity contribution in [2.75, 3.05) is 6.54 Å². The zero-order chi connectivity index (χ0) is 15.4. The van der Waals surface area contributed by atoms with Crippen molar-refractivity contribution in [2.45, 2.75) is 24.9 Å². The first-order valence-electron chi connectivity index (χ1n) is 7.36. The third kappa shape index (κ3) is 3.43. The van der Waals surface area contributed by atoms with Gasteiger partial charge in [0, 0.05) is 10.9 Å². The van der Waals surface area contributed by atoms with Gasteiger partial charge in [-0.25, -0.2) is 4.98 Å². The van der Waals surface area contributed by atoms with Gasteiger partial charge in [0.1, 0.15) is 10.7 Å². The van der Waals surface area contributed by atoms with E-state index in [9.17, 15) is 9.90 Å². The molecule has 3 rings (SSSR count). The van der Waals surface area contributed by atoms with Crippen LogP contribution in [0.5, 0.6) is 0 Å². The van der Waals surface area contributed by atoms with Crippen molar-refractivity contribution in [3.8, 4) is 10.6 Å². The van der Waals surface area contributed by atoms with Gasteiger partial charge < -0.3 is 10.4 Å². The van der Waals surface area contributed by atoms with Crippen molar-refractivity contribution < 1.29 is 9.90 Å². The number of nitrogens with one attached hydrogen (secondary N) is 1. The largest absolute Gasteiger partial charge is 0.384 e. The second-order valence-electron chi connectivity index (χ2n) is 5.48. The number of hydrogen-bond acceptors (Lipinski definition) is 4. The van der Waals surface area contributed by atoms with Crippen LogP contribution in [0.2, 0.25) is 0 Å². The molecule has 1 aromatic heterocycles. The molecule has 2 aromatic rings. The predicted octanol–water partition coefficient (Wildman–Crippen LogP) is 3.01. The lowest BCUT2D eigenvalue weighted by Gasteiger charge is -2.27. The molecular formula is C17H18N2O2S. The minimum absolute atomic E-state index is 0.223. The van der Waals surface area contributed by atoms with Crippen LogP contribution in [0.15, 0.2) is 47.9 Å². The van der Waals surface area contributed by atoms with Crippen LogP contribution < -0.4 is 5.32 Å². The number of aromatic nitrogens is 1. The van der Waals surface area contributed by atoms with Crippen LogP contribution in [0.1, 0.15) is 29.8 Å². The highest BCUT2D eigenvalue weighted by molar-refractivity contribution is 7.13. The number of amides is 1. The third-order valence-electron chi connectivity index (χ3n) is 3.72. The second-order valence-corrected chi connectivity index (χ2v) is 6.34. The van der Waals surface area contributed by atoms with E-state index in [-0.39, 0.29) is 12.5 Å². The highest BCUT2D eigenvalue weighted by atomic mass is 32.1. The molecule has 4 nitrogen and oxygen atoms in total. The SMILES string of the molecule is O=C(NCC1(O)C=CCCC1)c1csc(-c2ccccc2)n1. The lowest BCUT2D eigenvalue weighted by Crippen LogP contribution is -2.42. The van der Waals surface area contributed by atoms with Gasteiger partial charge in [-0.05, 0) is 19.3 Å². The Balaban J connectivity index is 1.65. The van der Waals surface area contributed by atoms with Gasteiger partial charge in [-0.3, -0.25) is 4.79 Å². The lowest BCUT2D eigenvalue weighted by molar-refractivity contribution is 0.0658. The Kier molecular flexibility index (Phi) is 4.36. The van der Waals surface area contributed by atoms with Crippen LogP contribution in [0.25, 0.3) is 10.6 Å². The van der Waals surface area contributed by atoms with Crippen LogP contribution in [0.3, 0.4) is 0 Å². The fourth-order valence-corrected chi connectivity index (χ4v) is 3.28. The summed E-state index contributed by atoms with van der Waals surface area (Å²) in [5.74, 6) is -0.245. The highest BCUT2D eigenvalue weighted by Gasteiger charge is 2.26. The predicted molar refractivity (Wildman–Crippen MR) is 87.8 cm³/mol. The Morgan fingerprint density at radius 3 is 2.91 bits per heavy atom. The van der Waals surface area contributed by atoms with Gasteiger partial charge in [0.25, 0.3) is 5.91 Å². The number of nitrogens with zero attached hydrogens (tertiary/aromatic N) is 1. The number of hydrogen-bond donors (Lipinski definition) is 2. The minimum Gasteiger partial charge on any atom is -0.384 e. The number of thiazole rings is 1. The number of benzene rings is 1. The highest BCUT2D eigenvalue weighted by Crippen LogP contribution is 2.24. The van der Waals surface area contributed by atoms with Gasteiger partial charge in [0.15, 0.2) is 0 Å². The first-order chi connectivity index (χ1) is 10.7. The summed E-state index contributed by atoms with van der Waals surface area (Å²) in [6.07, 6.45) is 6.36. The number of aliphatic hydroxyl groups is 1. The smallest absolute Gasteiger partial charge is 0.270 e. The van der Waals surface area contributed by atoms with E-state index < -0.39 is 5.60 Å². The Hall–Kier alpha value is -1.98. The quantitative estimate of drug-likeness (QED) is 0.853. The molecule has 0 saturated carbocycles. The molecule has 0 fully saturated rings.